The minimum absolute atomic E-state index is 0.236. The number of halogens is 1. The van der Waals surface area contributed by atoms with Crippen LogP contribution in [0.25, 0.3) is 0 Å². The van der Waals surface area contributed by atoms with Gasteiger partial charge in [0.2, 0.25) is 10.0 Å². The molecule has 0 saturated heterocycles. The van der Waals surface area contributed by atoms with E-state index in [0.717, 1.165) is 10.0 Å². The molecule has 2 N–H and O–H groups in total. The molecule has 90 valence electrons. The molecule has 0 aliphatic carbocycles. The van der Waals surface area contributed by atoms with Crippen molar-refractivity contribution in [1.29, 1.82) is 0 Å². The van der Waals surface area contributed by atoms with Gasteiger partial charge in [0.1, 0.15) is 0 Å². The van der Waals surface area contributed by atoms with E-state index in [1.54, 1.807) is 0 Å². The van der Waals surface area contributed by atoms with Crippen molar-refractivity contribution in [3.05, 3.63) is 34.3 Å². The second-order valence-electron chi connectivity index (χ2n) is 3.49. The lowest BCUT2D eigenvalue weighted by Gasteiger charge is -2.11. The molecule has 0 fully saturated rings. The molecular formula is C10H14BrNO3S. The number of hydrogen-bond acceptors (Lipinski definition) is 3. The van der Waals surface area contributed by atoms with Crippen molar-refractivity contribution in [1.82, 2.24) is 4.72 Å². The summed E-state index contributed by atoms with van der Waals surface area (Å²) < 4.78 is 26.4. The monoisotopic (exact) mass is 307 g/mol. The van der Waals surface area contributed by atoms with Crippen molar-refractivity contribution in [3.8, 4) is 0 Å². The summed E-state index contributed by atoms with van der Waals surface area (Å²) in [5.74, 6) is 0. The summed E-state index contributed by atoms with van der Waals surface area (Å²) in [7, 11) is -3.43. The Morgan fingerprint density at radius 3 is 2.44 bits per heavy atom. The van der Waals surface area contributed by atoms with Gasteiger partial charge >= 0.3 is 0 Å². The summed E-state index contributed by atoms with van der Waals surface area (Å²) in [6.45, 7) is 1.32. The smallest absolute Gasteiger partial charge is 0.216 e. The number of benzene rings is 1. The normalized spacial score (nSPS) is 13.7. The van der Waals surface area contributed by atoms with Gasteiger partial charge in [-0.25, -0.2) is 13.1 Å². The average molecular weight is 308 g/mol. The standard InChI is InChI=1S/C10H14BrNO3S/c1-8(7-13)16(14,15)12-6-9-2-4-10(11)5-3-9/h2-5,8,12-13H,6-7H2,1H3. The van der Waals surface area contributed by atoms with E-state index in [4.69, 9.17) is 5.11 Å². The summed E-state index contributed by atoms with van der Waals surface area (Å²) >= 11 is 3.30. The van der Waals surface area contributed by atoms with Gasteiger partial charge in [-0.15, -0.1) is 0 Å². The van der Waals surface area contributed by atoms with Gasteiger partial charge in [0.15, 0.2) is 0 Å². The average Bonchev–Trinajstić information content (AvgIpc) is 2.27. The van der Waals surface area contributed by atoms with Gasteiger partial charge in [-0.1, -0.05) is 28.1 Å². The van der Waals surface area contributed by atoms with E-state index >= 15 is 0 Å². The first-order chi connectivity index (χ1) is 7.45. The maximum atomic E-state index is 11.5. The number of rotatable bonds is 5. The maximum absolute atomic E-state index is 11.5. The number of nitrogens with one attached hydrogen (secondary N) is 1. The highest BCUT2D eigenvalue weighted by molar-refractivity contribution is 9.10. The molecule has 0 amide bonds. The van der Waals surface area contributed by atoms with E-state index in [0.29, 0.717) is 0 Å². The summed E-state index contributed by atoms with van der Waals surface area (Å²) in [6, 6.07) is 7.35. The predicted molar refractivity (Wildman–Crippen MR) is 66.4 cm³/mol. The van der Waals surface area contributed by atoms with Gasteiger partial charge in [-0.05, 0) is 24.6 Å². The van der Waals surface area contributed by atoms with Crippen LogP contribution in [0.15, 0.2) is 28.7 Å². The van der Waals surface area contributed by atoms with Gasteiger partial charge in [-0.2, -0.15) is 0 Å². The van der Waals surface area contributed by atoms with Crippen LogP contribution >= 0.6 is 15.9 Å². The zero-order valence-electron chi connectivity index (χ0n) is 8.85. The second-order valence-corrected chi connectivity index (χ2v) is 6.58. The first kappa shape index (κ1) is 13.6. The van der Waals surface area contributed by atoms with Crippen LogP contribution in [0.3, 0.4) is 0 Å². The molecule has 1 unspecified atom stereocenters. The van der Waals surface area contributed by atoms with Crippen molar-refractivity contribution >= 4 is 26.0 Å². The second kappa shape index (κ2) is 5.77. The molecule has 0 spiro atoms. The van der Waals surface area contributed by atoms with Crippen molar-refractivity contribution in [2.24, 2.45) is 0 Å². The fraction of sp³-hybridized carbons (Fsp3) is 0.400. The summed E-state index contributed by atoms with van der Waals surface area (Å²) in [6.07, 6.45) is 0. The van der Waals surface area contributed by atoms with E-state index in [-0.39, 0.29) is 13.2 Å². The quantitative estimate of drug-likeness (QED) is 0.860. The van der Waals surface area contributed by atoms with Gasteiger partial charge in [0.25, 0.3) is 0 Å². The molecule has 0 saturated carbocycles. The van der Waals surface area contributed by atoms with Crippen molar-refractivity contribution in [2.75, 3.05) is 6.61 Å². The molecule has 16 heavy (non-hydrogen) atoms. The molecule has 0 heterocycles. The van der Waals surface area contributed by atoms with Gasteiger partial charge < -0.3 is 5.11 Å². The Labute approximate surface area is 104 Å². The van der Waals surface area contributed by atoms with Crippen molar-refractivity contribution < 1.29 is 13.5 Å². The van der Waals surface area contributed by atoms with Crippen LogP contribution in [0.1, 0.15) is 12.5 Å². The maximum Gasteiger partial charge on any atom is 0.216 e. The molecule has 0 radical (unpaired) electrons. The molecule has 1 atom stereocenters. The lowest BCUT2D eigenvalue weighted by Crippen LogP contribution is -2.34. The number of aliphatic hydroxyl groups is 1. The lowest BCUT2D eigenvalue weighted by atomic mass is 10.2. The summed E-state index contributed by atoms with van der Waals surface area (Å²) in [5.41, 5.74) is 0.872. The van der Waals surface area contributed by atoms with Crippen LogP contribution in [0, 0.1) is 0 Å². The number of aliphatic hydroxyl groups excluding tert-OH is 1. The topological polar surface area (TPSA) is 66.4 Å². The highest BCUT2D eigenvalue weighted by Gasteiger charge is 2.18. The zero-order chi connectivity index (χ0) is 12.2. The van der Waals surface area contributed by atoms with E-state index < -0.39 is 15.3 Å². The fourth-order valence-corrected chi connectivity index (χ4v) is 2.14. The Bertz CT molecular complexity index is 430. The number of sulfonamides is 1. The van der Waals surface area contributed by atoms with Crippen LogP contribution in [0.2, 0.25) is 0 Å². The molecule has 0 bridgehead atoms. The third kappa shape index (κ3) is 3.86. The molecular weight excluding hydrogens is 294 g/mol. The predicted octanol–water partition coefficient (Wildman–Crippen LogP) is 1.25. The first-order valence-corrected chi connectivity index (χ1v) is 7.13. The Kier molecular flexibility index (Phi) is 4.91. The molecule has 1 aromatic rings. The van der Waals surface area contributed by atoms with Crippen molar-refractivity contribution in [2.45, 2.75) is 18.7 Å². The molecule has 0 aliphatic rings. The Hall–Kier alpha value is -0.430. The van der Waals surface area contributed by atoms with Gasteiger partial charge in [-0.3, -0.25) is 0 Å². The zero-order valence-corrected chi connectivity index (χ0v) is 11.3. The molecule has 6 heteroatoms. The molecule has 0 aliphatic heterocycles. The molecule has 1 aromatic carbocycles. The van der Waals surface area contributed by atoms with Crippen LogP contribution in [-0.4, -0.2) is 25.4 Å². The highest BCUT2D eigenvalue weighted by Crippen LogP contribution is 2.10. The van der Waals surface area contributed by atoms with E-state index in [2.05, 4.69) is 20.7 Å². The third-order valence-electron chi connectivity index (χ3n) is 2.18. The van der Waals surface area contributed by atoms with Crippen LogP contribution < -0.4 is 4.72 Å². The minimum Gasteiger partial charge on any atom is -0.395 e. The van der Waals surface area contributed by atoms with Gasteiger partial charge in [0, 0.05) is 11.0 Å². The lowest BCUT2D eigenvalue weighted by molar-refractivity contribution is 0.294. The Morgan fingerprint density at radius 1 is 1.38 bits per heavy atom. The van der Waals surface area contributed by atoms with Crippen LogP contribution in [0.5, 0.6) is 0 Å². The molecule has 1 rings (SSSR count). The van der Waals surface area contributed by atoms with E-state index in [1.807, 2.05) is 24.3 Å². The van der Waals surface area contributed by atoms with Gasteiger partial charge in [0.05, 0.1) is 11.9 Å². The largest absolute Gasteiger partial charge is 0.395 e. The van der Waals surface area contributed by atoms with E-state index in [9.17, 15) is 8.42 Å². The Balaban J connectivity index is 2.61. The SMILES string of the molecule is CC(CO)S(=O)(=O)NCc1ccc(Br)cc1. The molecule has 4 nitrogen and oxygen atoms in total. The van der Waals surface area contributed by atoms with Crippen LogP contribution in [0.4, 0.5) is 0 Å². The van der Waals surface area contributed by atoms with E-state index in [1.165, 1.54) is 6.92 Å². The van der Waals surface area contributed by atoms with Crippen LogP contribution in [-0.2, 0) is 16.6 Å². The first-order valence-electron chi connectivity index (χ1n) is 4.79. The third-order valence-corrected chi connectivity index (χ3v) is 4.46. The fourth-order valence-electron chi connectivity index (χ4n) is 1.03. The molecule has 0 aromatic heterocycles. The summed E-state index contributed by atoms with van der Waals surface area (Å²) in [5, 5.41) is 7.99. The minimum atomic E-state index is -3.43. The number of hydrogen-bond donors (Lipinski definition) is 2. The Morgan fingerprint density at radius 2 is 1.94 bits per heavy atom. The highest BCUT2D eigenvalue weighted by atomic mass is 79.9. The van der Waals surface area contributed by atoms with Crippen molar-refractivity contribution in [3.63, 3.8) is 0 Å². The summed E-state index contributed by atoms with van der Waals surface area (Å²) in [4.78, 5) is 0.